The molecule has 2 aromatic carbocycles. The van der Waals surface area contributed by atoms with E-state index in [1.807, 2.05) is 48.5 Å². The van der Waals surface area contributed by atoms with Gasteiger partial charge in [0.05, 0.1) is 0 Å². The number of nitrogens with two attached hydrogens (primary N) is 2. The van der Waals surface area contributed by atoms with E-state index in [9.17, 15) is 0 Å². The van der Waals surface area contributed by atoms with Crippen LogP contribution in [0.4, 0.5) is 11.4 Å². The van der Waals surface area contributed by atoms with Crippen molar-refractivity contribution >= 4 is 56.6 Å². The molecule has 0 heterocycles. The predicted molar refractivity (Wildman–Crippen MR) is 87.1 cm³/mol. The molecule has 0 spiro atoms. The lowest BCUT2D eigenvalue weighted by atomic mass is 10.3. The van der Waals surface area contributed by atoms with E-state index in [0.717, 1.165) is 11.4 Å². The molecule has 0 aliphatic rings. The number of nitrogen functional groups attached to an aromatic ring is 2. The fourth-order valence-electron chi connectivity index (χ4n) is 0.926. The summed E-state index contributed by atoms with van der Waals surface area (Å²) >= 11 is 4.48. The normalized spacial score (nSPS) is 9.12. The maximum Gasteiger partial charge on any atom is 0.0314 e. The van der Waals surface area contributed by atoms with Gasteiger partial charge in [0.25, 0.3) is 0 Å². The standard InChI is InChI=1S/2C6H6IN/c2*7-5-1-3-6(8)4-2-5/h2*1-4H,8H2. The maximum absolute atomic E-state index is 5.42. The van der Waals surface area contributed by atoms with Crippen LogP contribution in [0, 0.1) is 7.14 Å². The average molecular weight is 438 g/mol. The first-order valence-corrected chi connectivity index (χ1v) is 6.76. The Kier molecular flexibility index (Phi) is 5.89. The summed E-state index contributed by atoms with van der Waals surface area (Å²) in [6.45, 7) is 0. The highest BCUT2D eigenvalue weighted by Crippen LogP contribution is 2.07. The SMILES string of the molecule is Nc1ccc(I)cc1.Nc1ccc(I)cc1. The van der Waals surface area contributed by atoms with Gasteiger partial charge in [0.2, 0.25) is 0 Å². The van der Waals surface area contributed by atoms with Crippen molar-refractivity contribution in [3.8, 4) is 0 Å². The number of halogens is 2. The van der Waals surface area contributed by atoms with Gasteiger partial charge in [-0.15, -0.1) is 0 Å². The van der Waals surface area contributed by atoms with Crippen molar-refractivity contribution in [2.24, 2.45) is 0 Å². The van der Waals surface area contributed by atoms with Crippen LogP contribution in [0.5, 0.6) is 0 Å². The minimum Gasteiger partial charge on any atom is -0.399 e. The number of anilines is 2. The van der Waals surface area contributed by atoms with Gasteiger partial charge in [-0.25, -0.2) is 0 Å². The van der Waals surface area contributed by atoms with Crippen molar-refractivity contribution in [1.29, 1.82) is 0 Å². The van der Waals surface area contributed by atoms with Gasteiger partial charge in [-0.3, -0.25) is 0 Å². The van der Waals surface area contributed by atoms with Crippen molar-refractivity contribution in [3.05, 3.63) is 55.7 Å². The Morgan fingerprint density at radius 2 is 0.812 bits per heavy atom. The van der Waals surface area contributed by atoms with Gasteiger partial charge in [-0.2, -0.15) is 0 Å². The third-order valence-electron chi connectivity index (χ3n) is 1.74. The first-order chi connectivity index (χ1) is 7.58. The van der Waals surface area contributed by atoms with Crippen molar-refractivity contribution in [2.45, 2.75) is 0 Å². The zero-order valence-corrected chi connectivity index (χ0v) is 12.8. The van der Waals surface area contributed by atoms with Crippen molar-refractivity contribution in [2.75, 3.05) is 11.5 Å². The second-order valence-corrected chi connectivity index (χ2v) is 5.59. The van der Waals surface area contributed by atoms with Crippen LogP contribution in [0.25, 0.3) is 0 Å². The largest absolute Gasteiger partial charge is 0.399 e. The van der Waals surface area contributed by atoms with Gasteiger partial charge >= 0.3 is 0 Å². The molecule has 2 rings (SSSR count). The Bertz CT molecular complexity index is 338. The highest BCUT2D eigenvalue weighted by Gasteiger charge is 1.82. The number of rotatable bonds is 0. The summed E-state index contributed by atoms with van der Waals surface area (Å²) in [5.74, 6) is 0. The minimum atomic E-state index is 0.824. The van der Waals surface area contributed by atoms with E-state index in [-0.39, 0.29) is 0 Å². The van der Waals surface area contributed by atoms with Gasteiger partial charge in [0.15, 0.2) is 0 Å². The fourth-order valence-corrected chi connectivity index (χ4v) is 1.64. The average Bonchev–Trinajstić information content (AvgIpc) is 2.28. The molecule has 0 aliphatic carbocycles. The summed E-state index contributed by atoms with van der Waals surface area (Å²) in [6, 6.07) is 15.5. The Morgan fingerprint density at radius 3 is 1.00 bits per heavy atom. The molecule has 0 saturated heterocycles. The fraction of sp³-hybridized carbons (Fsp3) is 0. The van der Waals surface area contributed by atoms with Crippen LogP contribution in [0.2, 0.25) is 0 Å². The molecule has 0 aliphatic heterocycles. The van der Waals surface area contributed by atoms with Gasteiger partial charge in [-0.1, -0.05) is 0 Å². The predicted octanol–water partition coefficient (Wildman–Crippen LogP) is 3.75. The summed E-state index contributed by atoms with van der Waals surface area (Å²) in [7, 11) is 0. The van der Waals surface area contributed by atoms with E-state index >= 15 is 0 Å². The Hall–Kier alpha value is -0.500. The smallest absolute Gasteiger partial charge is 0.0314 e. The quantitative estimate of drug-likeness (QED) is 0.487. The molecule has 0 bridgehead atoms. The summed E-state index contributed by atoms with van der Waals surface area (Å²) in [6.07, 6.45) is 0. The molecule has 2 aromatic rings. The topological polar surface area (TPSA) is 52.0 Å². The van der Waals surface area contributed by atoms with E-state index in [0.29, 0.717) is 0 Å². The lowest BCUT2D eigenvalue weighted by Crippen LogP contribution is -1.81. The third kappa shape index (κ3) is 5.55. The van der Waals surface area contributed by atoms with Gasteiger partial charge in [0, 0.05) is 18.5 Å². The lowest BCUT2D eigenvalue weighted by Gasteiger charge is -1.89. The second-order valence-electron chi connectivity index (χ2n) is 3.10. The third-order valence-corrected chi connectivity index (χ3v) is 3.18. The Labute approximate surface area is 123 Å². The summed E-state index contributed by atoms with van der Waals surface area (Å²) < 4.78 is 2.44. The van der Waals surface area contributed by atoms with Gasteiger partial charge in [-0.05, 0) is 93.7 Å². The van der Waals surface area contributed by atoms with Crippen LogP contribution < -0.4 is 11.5 Å². The molecule has 84 valence electrons. The first-order valence-electron chi connectivity index (χ1n) is 4.60. The van der Waals surface area contributed by atoms with E-state index < -0.39 is 0 Å². The molecular weight excluding hydrogens is 426 g/mol. The highest BCUT2D eigenvalue weighted by molar-refractivity contribution is 14.1. The monoisotopic (exact) mass is 438 g/mol. The minimum absolute atomic E-state index is 0.824. The molecule has 2 nitrogen and oxygen atoms in total. The number of hydrogen-bond donors (Lipinski definition) is 2. The molecule has 0 radical (unpaired) electrons. The Morgan fingerprint density at radius 1 is 0.562 bits per heavy atom. The van der Waals surface area contributed by atoms with Crippen molar-refractivity contribution in [3.63, 3.8) is 0 Å². The van der Waals surface area contributed by atoms with E-state index in [2.05, 4.69) is 45.2 Å². The van der Waals surface area contributed by atoms with Gasteiger partial charge in [0.1, 0.15) is 0 Å². The zero-order chi connectivity index (χ0) is 12.0. The van der Waals surface area contributed by atoms with Crippen LogP contribution >= 0.6 is 45.2 Å². The molecule has 0 aromatic heterocycles. The molecule has 0 atom stereocenters. The van der Waals surface area contributed by atoms with E-state index in [1.165, 1.54) is 7.14 Å². The molecule has 16 heavy (non-hydrogen) atoms. The summed E-state index contributed by atoms with van der Waals surface area (Å²) in [4.78, 5) is 0. The Balaban J connectivity index is 0.000000160. The molecule has 0 saturated carbocycles. The molecule has 0 amide bonds. The lowest BCUT2D eigenvalue weighted by molar-refractivity contribution is 1.63. The molecule has 0 unspecified atom stereocenters. The summed E-state index contributed by atoms with van der Waals surface area (Å²) in [5, 5.41) is 0. The van der Waals surface area contributed by atoms with Crippen LogP contribution in [-0.4, -0.2) is 0 Å². The van der Waals surface area contributed by atoms with Crippen LogP contribution in [0.3, 0.4) is 0 Å². The van der Waals surface area contributed by atoms with Crippen molar-refractivity contribution < 1.29 is 0 Å². The first kappa shape index (κ1) is 13.6. The van der Waals surface area contributed by atoms with Crippen molar-refractivity contribution in [1.82, 2.24) is 0 Å². The highest BCUT2D eigenvalue weighted by atomic mass is 127. The van der Waals surface area contributed by atoms with Gasteiger partial charge < -0.3 is 11.5 Å². The maximum atomic E-state index is 5.42. The number of hydrogen-bond acceptors (Lipinski definition) is 2. The van der Waals surface area contributed by atoms with Crippen LogP contribution in [0.1, 0.15) is 0 Å². The molecule has 0 fully saturated rings. The van der Waals surface area contributed by atoms with E-state index in [4.69, 9.17) is 11.5 Å². The number of benzene rings is 2. The summed E-state index contributed by atoms with van der Waals surface area (Å²) in [5.41, 5.74) is 12.5. The van der Waals surface area contributed by atoms with E-state index in [1.54, 1.807) is 0 Å². The molecular formula is C12H12I2N2. The zero-order valence-electron chi connectivity index (χ0n) is 8.53. The molecule has 4 heteroatoms. The molecule has 4 N–H and O–H groups in total. The van der Waals surface area contributed by atoms with Crippen LogP contribution in [0.15, 0.2) is 48.5 Å². The second kappa shape index (κ2) is 6.95. The van der Waals surface area contributed by atoms with Crippen LogP contribution in [-0.2, 0) is 0 Å².